The summed E-state index contributed by atoms with van der Waals surface area (Å²) in [6.07, 6.45) is 3.63. The number of methoxy groups -OCH3 is 1. The summed E-state index contributed by atoms with van der Waals surface area (Å²) in [6, 6.07) is 16.2. The number of benzene rings is 2. The summed E-state index contributed by atoms with van der Waals surface area (Å²) in [4.78, 5) is 19.0. The van der Waals surface area contributed by atoms with Gasteiger partial charge in [-0.25, -0.2) is 14.1 Å². The molecule has 7 nitrogen and oxygen atoms in total. The second-order valence-corrected chi connectivity index (χ2v) is 7.02. The molecule has 3 aromatic rings. The van der Waals surface area contributed by atoms with Crippen molar-refractivity contribution in [3.63, 3.8) is 0 Å². The van der Waals surface area contributed by atoms with Crippen LogP contribution in [0, 0.1) is 0 Å². The van der Waals surface area contributed by atoms with E-state index >= 15 is 0 Å². The Morgan fingerprint density at radius 3 is 2.68 bits per heavy atom. The van der Waals surface area contributed by atoms with Gasteiger partial charge in [-0.05, 0) is 36.5 Å². The average molecular weight is 419 g/mol. The third kappa shape index (κ3) is 4.32. The summed E-state index contributed by atoms with van der Waals surface area (Å²) < 4.78 is 20.3. The molecule has 4 rings (SSSR count). The molecule has 2 N–H and O–H groups in total. The number of alkyl halides is 1. The van der Waals surface area contributed by atoms with Gasteiger partial charge in [0.15, 0.2) is 5.69 Å². The van der Waals surface area contributed by atoms with Crippen molar-refractivity contribution in [2.75, 3.05) is 25.1 Å². The van der Waals surface area contributed by atoms with E-state index < -0.39 is 6.17 Å². The molecule has 2 heterocycles. The van der Waals surface area contributed by atoms with E-state index in [2.05, 4.69) is 10.1 Å². The lowest BCUT2D eigenvalue weighted by Gasteiger charge is -2.36. The normalized spacial score (nSPS) is 14.6. The largest absolute Gasteiger partial charge is 0.494 e. The number of anilines is 1. The first-order valence-corrected chi connectivity index (χ1v) is 9.79. The number of ether oxygens (including phenoxy) is 1. The molecule has 0 amide bonds. The van der Waals surface area contributed by atoms with Gasteiger partial charge in [-0.2, -0.15) is 5.10 Å². The number of nitrogens with two attached hydrogens (primary N) is 1. The summed E-state index contributed by atoms with van der Waals surface area (Å²) >= 11 is 0. The lowest BCUT2D eigenvalue weighted by atomic mass is 10.1. The number of rotatable bonds is 6. The standard InChI is InChI=1S/C23H22FN5O2/c1-31-22-13-18(28-14-16(24)15-28)7-8-20(22)29-12-10-21(30)23(27-29)19(9-11-25)26-17-5-3-2-4-6-17/h2-13,16H,14-15,25H2,1H3. The molecule has 31 heavy (non-hydrogen) atoms. The van der Waals surface area contributed by atoms with E-state index in [-0.39, 0.29) is 11.1 Å². The number of nitrogens with zero attached hydrogens (tertiary/aromatic N) is 4. The number of allylic oxidation sites excluding steroid dienone is 1. The second-order valence-electron chi connectivity index (χ2n) is 7.02. The van der Waals surface area contributed by atoms with Gasteiger partial charge in [-0.15, -0.1) is 0 Å². The Bertz CT molecular complexity index is 1180. The first-order chi connectivity index (χ1) is 15.1. The zero-order valence-corrected chi connectivity index (χ0v) is 17.0. The van der Waals surface area contributed by atoms with Gasteiger partial charge in [0.1, 0.15) is 17.6 Å². The van der Waals surface area contributed by atoms with Crippen LogP contribution in [0.25, 0.3) is 5.69 Å². The van der Waals surface area contributed by atoms with Crippen molar-refractivity contribution in [2.45, 2.75) is 6.17 Å². The highest BCUT2D eigenvalue weighted by atomic mass is 19.1. The average Bonchev–Trinajstić information content (AvgIpc) is 2.77. The van der Waals surface area contributed by atoms with E-state index in [9.17, 15) is 9.18 Å². The molecule has 0 radical (unpaired) electrons. The molecular weight excluding hydrogens is 397 g/mol. The number of para-hydroxylation sites is 1. The van der Waals surface area contributed by atoms with E-state index in [1.807, 2.05) is 53.4 Å². The number of aliphatic imine (C=N–C) groups is 1. The third-order valence-corrected chi connectivity index (χ3v) is 4.92. The molecule has 0 unspecified atom stereocenters. The minimum atomic E-state index is -0.799. The number of hydrogen-bond acceptors (Lipinski definition) is 6. The minimum Gasteiger partial charge on any atom is -0.494 e. The molecule has 2 aromatic carbocycles. The molecule has 1 aromatic heterocycles. The van der Waals surface area contributed by atoms with E-state index in [0.717, 1.165) is 5.69 Å². The first-order valence-electron chi connectivity index (χ1n) is 9.79. The van der Waals surface area contributed by atoms with Crippen LogP contribution in [0.1, 0.15) is 5.69 Å². The van der Waals surface area contributed by atoms with Gasteiger partial charge < -0.3 is 15.4 Å². The quantitative estimate of drug-likeness (QED) is 0.621. The van der Waals surface area contributed by atoms with Crippen molar-refractivity contribution in [2.24, 2.45) is 10.7 Å². The van der Waals surface area contributed by atoms with Gasteiger partial charge in [0.25, 0.3) is 0 Å². The van der Waals surface area contributed by atoms with Crippen molar-refractivity contribution in [3.05, 3.63) is 89.0 Å². The van der Waals surface area contributed by atoms with E-state index in [1.54, 1.807) is 24.1 Å². The van der Waals surface area contributed by atoms with Crippen LogP contribution in [0.3, 0.4) is 0 Å². The van der Waals surface area contributed by atoms with Gasteiger partial charge in [0.05, 0.1) is 31.6 Å². The van der Waals surface area contributed by atoms with Gasteiger partial charge in [-0.3, -0.25) is 4.79 Å². The maximum absolute atomic E-state index is 13.2. The van der Waals surface area contributed by atoms with Crippen molar-refractivity contribution in [3.8, 4) is 11.4 Å². The zero-order chi connectivity index (χ0) is 21.8. The fraction of sp³-hybridized carbons (Fsp3) is 0.174. The van der Waals surface area contributed by atoms with Crippen LogP contribution < -0.4 is 20.8 Å². The SMILES string of the molecule is COc1cc(N2CC(F)C2)ccc1-n1ccc(=O)c(C(C=CN)=Nc2ccccc2)n1. The van der Waals surface area contributed by atoms with Crippen molar-refractivity contribution >= 4 is 17.1 Å². The molecule has 8 heteroatoms. The van der Waals surface area contributed by atoms with Crippen molar-refractivity contribution < 1.29 is 9.13 Å². The molecule has 0 bridgehead atoms. The Balaban J connectivity index is 1.75. The monoisotopic (exact) mass is 419 g/mol. The topological polar surface area (TPSA) is 85.7 Å². The number of aromatic nitrogens is 2. The highest BCUT2D eigenvalue weighted by molar-refractivity contribution is 6.08. The zero-order valence-electron chi connectivity index (χ0n) is 17.0. The van der Waals surface area contributed by atoms with Crippen LogP contribution in [-0.4, -0.2) is 41.9 Å². The Labute approximate surface area is 178 Å². The molecule has 1 aliphatic rings. The van der Waals surface area contributed by atoms with Crippen LogP contribution in [0.15, 0.2) is 82.9 Å². The summed E-state index contributed by atoms with van der Waals surface area (Å²) in [7, 11) is 1.56. The second kappa shape index (κ2) is 8.83. The Morgan fingerprint density at radius 2 is 2.00 bits per heavy atom. The summed E-state index contributed by atoms with van der Waals surface area (Å²) in [6.45, 7) is 0.737. The molecule has 158 valence electrons. The maximum Gasteiger partial charge on any atom is 0.209 e. The van der Waals surface area contributed by atoms with Crippen molar-refractivity contribution in [1.29, 1.82) is 0 Å². The molecule has 0 aliphatic carbocycles. The Kier molecular flexibility index (Phi) is 5.79. The maximum atomic E-state index is 13.2. The summed E-state index contributed by atoms with van der Waals surface area (Å²) in [5, 5.41) is 4.50. The highest BCUT2D eigenvalue weighted by Crippen LogP contribution is 2.31. The van der Waals surface area contributed by atoms with Gasteiger partial charge in [-0.1, -0.05) is 18.2 Å². The van der Waals surface area contributed by atoms with Gasteiger partial charge >= 0.3 is 0 Å². The minimum absolute atomic E-state index is 0.155. The molecule has 1 aliphatic heterocycles. The molecule has 0 saturated carbocycles. The predicted molar refractivity (Wildman–Crippen MR) is 119 cm³/mol. The Morgan fingerprint density at radius 1 is 1.23 bits per heavy atom. The van der Waals surface area contributed by atoms with E-state index in [0.29, 0.717) is 35.9 Å². The Hall–Kier alpha value is -3.94. The van der Waals surface area contributed by atoms with Crippen LogP contribution in [0.4, 0.5) is 15.8 Å². The fourth-order valence-corrected chi connectivity index (χ4v) is 3.31. The smallest absolute Gasteiger partial charge is 0.209 e. The molecule has 1 fully saturated rings. The lowest BCUT2D eigenvalue weighted by Crippen LogP contribution is -2.48. The van der Waals surface area contributed by atoms with Gasteiger partial charge in [0.2, 0.25) is 5.43 Å². The molecule has 0 spiro atoms. The first kappa shape index (κ1) is 20.3. The third-order valence-electron chi connectivity index (χ3n) is 4.92. The van der Waals surface area contributed by atoms with E-state index in [1.165, 1.54) is 12.3 Å². The van der Waals surface area contributed by atoms with E-state index in [4.69, 9.17) is 10.5 Å². The number of halogens is 1. The van der Waals surface area contributed by atoms with Crippen LogP contribution in [0.5, 0.6) is 5.75 Å². The highest BCUT2D eigenvalue weighted by Gasteiger charge is 2.27. The fourth-order valence-electron chi connectivity index (χ4n) is 3.31. The predicted octanol–water partition coefficient (Wildman–Crippen LogP) is 2.99. The van der Waals surface area contributed by atoms with Gasteiger partial charge in [0, 0.05) is 24.0 Å². The molecule has 1 saturated heterocycles. The lowest BCUT2D eigenvalue weighted by molar-refractivity contribution is 0.274. The summed E-state index contributed by atoms with van der Waals surface area (Å²) in [5.74, 6) is 0.554. The van der Waals surface area contributed by atoms with Crippen molar-refractivity contribution in [1.82, 2.24) is 9.78 Å². The van der Waals surface area contributed by atoms with Crippen LogP contribution >= 0.6 is 0 Å². The number of hydrogen-bond donors (Lipinski definition) is 1. The molecular formula is C23H22FN5O2. The van der Waals surface area contributed by atoms with Crippen LogP contribution in [-0.2, 0) is 0 Å². The molecule has 0 atom stereocenters. The van der Waals surface area contributed by atoms with Crippen LogP contribution in [0.2, 0.25) is 0 Å². The summed E-state index contributed by atoms with van der Waals surface area (Å²) in [5.41, 5.74) is 7.99.